The lowest BCUT2D eigenvalue weighted by Crippen LogP contribution is -2.49. The summed E-state index contributed by atoms with van der Waals surface area (Å²) in [6, 6.07) is 16.7. The Morgan fingerprint density at radius 2 is 1.63 bits per heavy atom. The number of hydrogen-bond acceptors (Lipinski definition) is 5. The minimum Gasteiger partial charge on any atom is -0.445 e. The van der Waals surface area contributed by atoms with Gasteiger partial charge in [0.2, 0.25) is 0 Å². The summed E-state index contributed by atoms with van der Waals surface area (Å²) in [7, 11) is -1.70. The summed E-state index contributed by atoms with van der Waals surface area (Å²) in [5, 5.41) is 0.249. The molecule has 2 aromatic carbocycles. The maximum Gasteiger partial charge on any atom is 0.410 e. The quantitative estimate of drug-likeness (QED) is 0.476. The van der Waals surface area contributed by atoms with E-state index in [1.165, 1.54) is 16.8 Å². The molecule has 1 saturated heterocycles. The summed E-state index contributed by atoms with van der Waals surface area (Å²) < 4.78 is 11.9. The van der Waals surface area contributed by atoms with Crippen LogP contribution in [-0.2, 0) is 28.9 Å². The summed E-state index contributed by atoms with van der Waals surface area (Å²) in [6.45, 7) is 18.6. The van der Waals surface area contributed by atoms with Gasteiger partial charge in [0.1, 0.15) is 6.61 Å². The van der Waals surface area contributed by atoms with Gasteiger partial charge in [-0.05, 0) is 47.0 Å². The van der Waals surface area contributed by atoms with Crippen LogP contribution >= 0.6 is 0 Å². The maximum absolute atomic E-state index is 12.5. The monoisotopic (exact) mass is 495 g/mol. The molecule has 4 rings (SSSR count). The van der Waals surface area contributed by atoms with Crippen molar-refractivity contribution in [2.24, 2.45) is 0 Å². The summed E-state index contributed by atoms with van der Waals surface area (Å²) >= 11 is 0. The molecule has 0 radical (unpaired) electrons. The van der Waals surface area contributed by atoms with Crippen LogP contribution in [0.25, 0.3) is 0 Å². The molecular formula is C28H41N3O3Si. The molecule has 0 atom stereocenters. The van der Waals surface area contributed by atoms with Crippen molar-refractivity contribution >= 4 is 20.1 Å². The number of amides is 1. The molecule has 190 valence electrons. The number of carbonyl (C=O) groups is 1. The second-order valence-electron chi connectivity index (χ2n) is 11.3. The highest BCUT2D eigenvalue weighted by Gasteiger charge is 2.37. The van der Waals surface area contributed by atoms with Crippen molar-refractivity contribution in [3.8, 4) is 0 Å². The zero-order valence-corrected chi connectivity index (χ0v) is 23.0. The van der Waals surface area contributed by atoms with Gasteiger partial charge in [0.05, 0.1) is 0 Å². The van der Waals surface area contributed by atoms with Gasteiger partial charge in [0.25, 0.3) is 0 Å². The maximum atomic E-state index is 12.5. The lowest BCUT2D eigenvalue weighted by molar-refractivity contribution is 0.0942. The molecule has 0 spiro atoms. The lowest BCUT2D eigenvalue weighted by atomic mass is 10.1. The Morgan fingerprint density at radius 3 is 2.31 bits per heavy atom. The molecule has 0 N–H and O–H groups in total. The second-order valence-corrected chi connectivity index (χ2v) is 16.1. The third-order valence-corrected chi connectivity index (χ3v) is 12.3. The zero-order chi connectivity index (χ0) is 25.1. The average molecular weight is 496 g/mol. The SMILES string of the molecule is CC(C)(C)[Si](C)(C)OCCN1Cc2ccc(N3CCN(C(=O)OCc4ccccc4)CC3)cc2C1. The summed E-state index contributed by atoms with van der Waals surface area (Å²) in [5.41, 5.74) is 5.10. The number of anilines is 1. The third kappa shape index (κ3) is 6.45. The van der Waals surface area contributed by atoms with Gasteiger partial charge in [0, 0.05) is 58.1 Å². The van der Waals surface area contributed by atoms with Crippen molar-refractivity contribution in [2.45, 2.75) is 58.6 Å². The molecule has 0 saturated carbocycles. The zero-order valence-electron chi connectivity index (χ0n) is 22.0. The largest absolute Gasteiger partial charge is 0.445 e. The van der Waals surface area contributed by atoms with Crippen molar-refractivity contribution in [3.05, 3.63) is 65.2 Å². The van der Waals surface area contributed by atoms with Gasteiger partial charge in [-0.25, -0.2) is 4.79 Å². The highest BCUT2D eigenvalue weighted by atomic mass is 28.4. The fourth-order valence-electron chi connectivity index (χ4n) is 4.41. The molecule has 0 aliphatic carbocycles. The highest BCUT2D eigenvalue weighted by molar-refractivity contribution is 6.74. The molecule has 6 nitrogen and oxygen atoms in total. The van der Waals surface area contributed by atoms with E-state index in [4.69, 9.17) is 9.16 Å². The van der Waals surface area contributed by atoms with Gasteiger partial charge in [-0.3, -0.25) is 4.90 Å². The molecule has 0 aromatic heterocycles. The Balaban J connectivity index is 1.23. The van der Waals surface area contributed by atoms with E-state index in [-0.39, 0.29) is 11.1 Å². The number of carbonyl (C=O) groups excluding carboxylic acids is 1. The smallest absolute Gasteiger partial charge is 0.410 e. The number of piperazine rings is 1. The van der Waals surface area contributed by atoms with Crippen LogP contribution in [0, 0.1) is 0 Å². The number of rotatable bonds is 7. The number of benzene rings is 2. The molecule has 2 aliphatic rings. The number of nitrogens with zero attached hydrogens (tertiary/aromatic N) is 3. The van der Waals surface area contributed by atoms with Crippen molar-refractivity contribution < 1.29 is 14.0 Å². The van der Waals surface area contributed by atoms with Crippen molar-refractivity contribution in [1.29, 1.82) is 0 Å². The molecule has 0 bridgehead atoms. The second kappa shape index (κ2) is 10.7. The Kier molecular flexibility index (Phi) is 7.88. The van der Waals surface area contributed by atoms with E-state index in [9.17, 15) is 4.79 Å². The summed E-state index contributed by atoms with van der Waals surface area (Å²) in [5.74, 6) is 0. The summed E-state index contributed by atoms with van der Waals surface area (Å²) in [6.07, 6.45) is -0.224. The fraction of sp³-hybridized carbons (Fsp3) is 0.536. The Bertz CT molecular complexity index is 998. The number of fused-ring (bicyclic) bond motifs is 1. The van der Waals surface area contributed by atoms with Crippen LogP contribution in [0.2, 0.25) is 18.1 Å². The van der Waals surface area contributed by atoms with Crippen LogP contribution < -0.4 is 4.90 Å². The van der Waals surface area contributed by atoms with E-state index in [2.05, 4.69) is 61.9 Å². The Morgan fingerprint density at radius 1 is 0.943 bits per heavy atom. The number of ether oxygens (including phenoxy) is 1. The molecule has 2 aliphatic heterocycles. The van der Waals surface area contributed by atoms with Crippen molar-refractivity contribution in [1.82, 2.24) is 9.80 Å². The van der Waals surface area contributed by atoms with Crippen molar-refractivity contribution in [3.63, 3.8) is 0 Å². The lowest BCUT2D eigenvalue weighted by Gasteiger charge is -2.36. The first kappa shape index (κ1) is 25.7. The van der Waals surface area contributed by atoms with E-state index < -0.39 is 8.32 Å². The minimum atomic E-state index is -1.70. The van der Waals surface area contributed by atoms with Gasteiger partial charge in [-0.2, -0.15) is 0 Å². The van der Waals surface area contributed by atoms with Crippen LogP contribution in [0.4, 0.5) is 10.5 Å². The van der Waals surface area contributed by atoms with E-state index >= 15 is 0 Å². The minimum absolute atomic E-state index is 0.224. The van der Waals surface area contributed by atoms with Crippen LogP contribution in [0.5, 0.6) is 0 Å². The third-order valence-electron chi connectivity index (χ3n) is 7.76. The fourth-order valence-corrected chi connectivity index (χ4v) is 5.45. The van der Waals surface area contributed by atoms with Gasteiger partial charge >= 0.3 is 6.09 Å². The molecule has 35 heavy (non-hydrogen) atoms. The Hall–Kier alpha value is -2.35. The predicted octanol–water partition coefficient (Wildman–Crippen LogP) is 5.48. The summed E-state index contributed by atoms with van der Waals surface area (Å²) in [4.78, 5) is 19.2. The van der Waals surface area contributed by atoms with E-state index in [1.54, 1.807) is 0 Å². The first-order valence-corrected chi connectivity index (χ1v) is 15.7. The molecular weight excluding hydrogens is 454 g/mol. The van der Waals surface area contributed by atoms with Crippen LogP contribution in [0.3, 0.4) is 0 Å². The highest BCUT2D eigenvalue weighted by Crippen LogP contribution is 2.36. The molecule has 1 fully saturated rings. The van der Waals surface area contributed by atoms with Crippen LogP contribution in [0.15, 0.2) is 48.5 Å². The van der Waals surface area contributed by atoms with Gasteiger partial charge in [-0.15, -0.1) is 0 Å². The normalized spacial score (nSPS) is 16.9. The van der Waals surface area contributed by atoms with Gasteiger partial charge < -0.3 is 19.0 Å². The molecule has 7 heteroatoms. The first-order chi connectivity index (χ1) is 16.6. The van der Waals surface area contributed by atoms with E-state index in [0.29, 0.717) is 19.7 Å². The van der Waals surface area contributed by atoms with E-state index in [1.807, 2.05) is 35.2 Å². The topological polar surface area (TPSA) is 45.2 Å². The predicted molar refractivity (Wildman–Crippen MR) is 144 cm³/mol. The van der Waals surface area contributed by atoms with Gasteiger partial charge in [-0.1, -0.05) is 57.2 Å². The average Bonchev–Trinajstić information content (AvgIpc) is 3.24. The molecule has 0 unspecified atom stereocenters. The van der Waals surface area contributed by atoms with Crippen LogP contribution in [0.1, 0.15) is 37.5 Å². The van der Waals surface area contributed by atoms with E-state index in [0.717, 1.165) is 44.9 Å². The van der Waals surface area contributed by atoms with Crippen molar-refractivity contribution in [2.75, 3.05) is 44.2 Å². The van der Waals surface area contributed by atoms with Crippen LogP contribution in [-0.4, -0.2) is 63.5 Å². The molecule has 1 amide bonds. The Labute approximate surface area is 211 Å². The van der Waals surface area contributed by atoms with Gasteiger partial charge in [0.15, 0.2) is 8.32 Å². The first-order valence-electron chi connectivity index (χ1n) is 12.8. The number of hydrogen-bond donors (Lipinski definition) is 0. The molecule has 2 heterocycles. The standard InChI is InChI=1S/C28H41N3O3Si/c1-28(2,3)35(4,5)34-18-17-29-20-24-11-12-26(19-25(24)21-29)30-13-15-31(16-14-30)27(32)33-22-23-9-7-6-8-10-23/h6-12,19H,13-18,20-22H2,1-5H3. The molecule has 2 aromatic rings.